The van der Waals surface area contributed by atoms with Crippen molar-refractivity contribution in [1.82, 2.24) is 15.2 Å². The lowest BCUT2D eigenvalue weighted by molar-refractivity contribution is -0.142. The van der Waals surface area contributed by atoms with E-state index in [1.54, 1.807) is 12.1 Å². The number of hydrogen-bond donors (Lipinski definition) is 1. The minimum Gasteiger partial charge on any atom is -0.338 e. The molecule has 2 bridgehead atoms. The van der Waals surface area contributed by atoms with Gasteiger partial charge in [0.2, 0.25) is 5.91 Å². The largest absolute Gasteiger partial charge is 0.338 e. The summed E-state index contributed by atoms with van der Waals surface area (Å²) in [4.78, 5) is 32.6. The van der Waals surface area contributed by atoms with Crippen molar-refractivity contribution in [3.8, 4) is 0 Å². The number of carbonyl (C=O) groups excluding carboxylic acids is 2. The van der Waals surface area contributed by atoms with Crippen LogP contribution in [0.25, 0.3) is 10.8 Å². The molecule has 2 aliphatic heterocycles. The van der Waals surface area contributed by atoms with Crippen molar-refractivity contribution < 1.29 is 9.59 Å². The molecule has 0 spiro atoms. The van der Waals surface area contributed by atoms with Crippen molar-refractivity contribution in [3.63, 3.8) is 0 Å². The summed E-state index contributed by atoms with van der Waals surface area (Å²) in [5.41, 5.74) is 0.979. The molecule has 1 aromatic heterocycles. The Morgan fingerprint density at radius 3 is 2.45 bits per heavy atom. The Labute approximate surface area is 195 Å². The van der Waals surface area contributed by atoms with E-state index in [9.17, 15) is 9.59 Å². The Morgan fingerprint density at radius 1 is 1.00 bits per heavy atom. The lowest BCUT2D eigenvalue weighted by Gasteiger charge is -2.43. The lowest BCUT2D eigenvalue weighted by Crippen LogP contribution is -2.60. The monoisotopic (exact) mass is 441 g/mol. The Bertz CT molecular complexity index is 1160. The van der Waals surface area contributed by atoms with Gasteiger partial charge in [0.1, 0.15) is 5.54 Å². The first-order chi connectivity index (χ1) is 15.9. The van der Waals surface area contributed by atoms with Gasteiger partial charge in [-0.2, -0.15) is 0 Å². The molecular formula is C28H31N3O2. The number of rotatable bonds is 5. The van der Waals surface area contributed by atoms with Gasteiger partial charge in [0.15, 0.2) is 0 Å². The number of nitrogens with zero attached hydrogens (tertiary/aromatic N) is 2. The van der Waals surface area contributed by atoms with E-state index in [1.807, 2.05) is 50.5 Å². The predicted octanol–water partition coefficient (Wildman–Crippen LogP) is 4.76. The molecule has 5 nitrogen and oxygen atoms in total. The molecule has 0 radical (unpaired) electrons. The number of fused-ring (bicyclic) bond motifs is 3. The van der Waals surface area contributed by atoms with Crippen LogP contribution in [0.5, 0.6) is 0 Å². The molecule has 2 atom stereocenters. The summed E-state index contributed by atoms with van der Waals surface area (Å²) in [7, 11) is 0. The summed E-state index contributed by atoms with van der Waals surface area (Å²) in [6, 6.07) is 18.3. The molecule has 3 aromatic rings. The topological polar surface area (TPSA) is 62.3 Å². The van der Waals surface area contributed by atoms with Gasteiger partial charge in [0.25, 0.3) is 5.91 Å². The van der Waals surface area contributed by atoms with Gasteiger partial charge in [-0.1, -0.05) is 30.3 Å². The maximum absolute atomic E-state index is 13.6. The van der Waals surface area contributed by atoms with E-state index in [4.69, 9.17) is 0 Å². The molecule has 5 heteroatoms. The number of amides is 2. The predicted molar refractivity (Wildman–Crippen MR) is 130 cm³/mol. The molecule has 2 aromatic carbocycles. The highest BCUT2D eigenvalue weighted by Gasteiger charge is 2.47. The van der Waals surface area contributed by atoms with E-state index in [2.05, 4.69) is 33.4 Å². The minimum atomic E-state index is -0.939. The molecule has 5 rings (SSSR count). The number of nitrogens with one attached hydrogen (secondary N) is 1. The molecule has 0 saturated carbocycles. The zero-order valence-corrected chi connectivity index (χ0v) is 19.3. The van der Waals surface area contributed by atoms with Crippen LogP contribution in [-0.2, 0) is 11.2 Å². The van der Waals surface area contributed by atoms with Gasteiger partial charge in [0.05, 0.1) is 0 Å². The zero-order chi connectivity index (χ0) is 23.0. The van der Waals surface area contributed by atoms with Crippen LogP contribution in [0.15, 0.2) is 67.0 Å². The lowest BCUT2D eigenvalue weighted by atomic mass is 9.84. The third kappa shape index (κ3) is 4.37. The molecule has 2 aliphatic rings. The average molecular weight is 442 g/mol. The number of aromatic nitrogens is 1. The fraction of sp³-hybridized carbons (Fsp3) is 0.393. The standard InChI is InChI=1S/C28H31N3O2/c1-28(2,30-26(32)22-6-4-3-5-7-22)27(33)31-24-10-11-25(31)17-20(16-24)14-19-8-9-21-12-13-29-18-23(21)15-19/h3-9,12-13,15,18,20,24-25H,10-11,14,16-17H2,1-2H3,(H,30,32). The second kappa shape index (κ2) is 8.62. The molecule has 2 saturated heterocycles. The van der Waals surface area contributed by atoms with Crippen molar-refractivity contribution in [1.29, 1.82) is 0 Å². The fourth-order valence-electron chi connectivity index (χ4n) is 5.70. The van der Waals surface area contributed by atoms with Crippen molar-refractivity contribution in [2.24, 2.45) is 5.92 Å². The first kappa shape index (κ1) is 21.6. The first-order valence-electron chi connectivity index (χ1n) is 11.9. The van der Waals surface area contributed by atoms with Crippen LogP contribution in [0.4, 0.5) is 0 Å². The highest BCUT2D eigenvalue weighted by atomic mass is 16.2. The maximum Gasteiger partial charge on any atom is 0.252 e. The van der Waals surface area contributed by atoms with Gasteiger partial charge >= 0.3 is 0 Å². The normalized spacial score (nSPS) is 22.4. The van der Waals surface area contributed by atoms with Crippen LogP contribution < -0.4 is 5.32 Å². The number of benzene rings is 2. The number of piperidine rings is 1. The molecule has 1 N–H and O–H groups in total. The van der Waals surface area contributed by atoms with E-state index in [0.29, 0.717) is 11.5 Å². The Balaban J connectivity index is 1.25. The van der Waals surface area contributed by atoms with E-state index in [0.717, 1.165) is 32.1 Å². The van der Waals surface area contributed by atoms with E-state index >= 15 is 0 Å². The highest BCUT2D eigenvalue weighted by molar-refractivity contribution is 5.99. The third-order valence-electron chi connectivity index (χ3n) is 7.29. The number of carbonyl (C=O) groups is 2. The van der Waals surface area contributed by atoms with Gasteiger partial charge in [-0.3, -0.25) is 14.6 Å². The number of pyridine rings is 1. The molecule has 3 heterocycles. The van der Waals surface area contributed by atoms with Gasteiger partial charge in [-0.25, -0.2) is 0 Å². The third-order valence-corrected chi connectivity index (χ3v) is 7.29. The molecule has 170 valence electrons. The Kier molecular flexibility index (Phi) is 5.65. The van der Waals surface area contributed by atoms with Gasteiger partial charge in [-0.15, -0.1) is 0 Å². The first-order valence-corrected chi connectivity index (χ1v) is 11.9. The van der Waals surface area contributed by atoms with E-state index in [-0.39, 0.29) is 23.9 Å². The van der Waals surface area contributed by atoms with Crippen LogP contribution >= 0.6 is 0 Å². The van der Waals surface area contributed by atoms with Gasteiger partial charge < -0.3 is 10.2 Å². The van der Waals surface area contributed by atoms with Crippen LogP contribution in [0.2, 0.25) is 0 Å². The van der Waals surface area contributed by atoms with Crippen molar-refractivity contribution in [2.75, 3.05) is 0 Å². The Hall–Kier alpha value is -3.21. The average Bonchev–Trinajstić information content (AvgIpc) is 3.08. The smallest absolute Gasteiger partial charge is 0.252 e. The SMILES string of the molecule is CC(C)(NC(=O)c1ccccc1)C(=O)N1C2CCC1CC(Cc1ccc3ccncc3c1)C2. The second-order valence-corrected chi connectivity index (χ2v) is 10.1. The second-order valence-electron chi connectivity index (χ2n) is 10.1. The molecule has 0 aliphatic carbocycles. The molecular weight excluding hydrogens is 410 g/mol. The summed E-state index contributed by atoms with van der Waals surface area (Å²) >= 11 is 0. The molecule has 2 amide bonds. The van der Waals surface area contributed by atoms with Crippen LogP contribution in [0.3, 0.4) is 0 Å². The van der Waals surface area contributed by atoms with E-state index in [1.165, 1.54) is 16.3 Å². The quantitative estimate of drug-likeness (QED) is 0.621. The van der Waals surface area contributed by atoms with Gasteiger partial charge in [0, 0.05) is 35.4 Å². The minimum absolute atomic E-state index is 0.0366. The van der Waals surface area contributed by atoms with Crippen molar-refractivity contribution >= 4 is 22.6 Å². The summed E-state index contributed by atoms with van der Waals surface area (Å²) < 4.78 is 0. The van der Waals surface area contributed by atoms with Gasteiger partial charge in [-0.05, 0) is 87.1 Å². The van der Waals surface area contributed by atoms with Crippen molar-refractivity contribution in [3.05, 3.63) is 78.1 Å². The number of hydrogen-bond acceptors (Lipinski definition) is 3. The summed E-state index contributed by atoms with van der Waals surface area (Å²) in [6.07, 6.45) is 8.94. The highest BCUT2D eigenvalue weighted by Crippen LogP contribution is 2.41. The Morgan fingerprint density at radius 2 is 1.73 bits per heavy atom. The van der Waals surface area contributed by atoms with E-state index < -0.39 is 5.54 Å². The fourth-order valence-corrected chi connectivity index (χ4v) is 5.70. The van der Waals surface area contributed by atoms with Crippen LogP contribution in [0.1, 0.15) is 55.5 Å². The van der Waals surface area contributed by atoms with Crippen LogP contribution in [-0.4, -0.2) is 39.3 Å². The molecule has 33 heavy (non-hydrogen) atoms. The van der Waals surface area contributed by atoms with Crippen LogP contribution in [0, 0.1) is 5.92 Å². The summed E-state index contributed by atoms with van der Waals surface area (Å²) in [6.45, 7) is 3.65. The summed E-state index contributed by atoms with van der Waals surface area (Å²) in [5, 5.41) is 5.37. The molecule has 2 fully saturated rings. The maximum atomic E-state index is 13.6. The molecule has 2 unspecified atom stereocenters. The zero-order valence-electron chi connectivity index (χ0n) is 19.3. The summed E-state index contributed by atoms with van der Waals surface area (Å²) in [5.74, 6) is 0.402. The van der Waals surface area contributed by atoms with Crippen molar-refractivity contribution in [2.45, 2.75) is 63.6 Å².